The van der Waals surface area contributed by atoms with Crippen LogP contribution in [0.15, 0.2) is 47.8 Å². The topological polar surface area (TPSA) is 80.3 Å². The van der Waals surface area contributed by atoms with Gasteiger partial charge in [0, 0.05) is 10.9 Å². The van der Waals surface area contributed by atoms with Gasteiger partial charge in [-0.05, 0) is 31.9 Å². The first-order valence-electron chi connectivity index (χ1n) is 9.20. The number of carbonyl (C=O) groups is 2. The van der Waals surface area contributed by atoms with E-state index in [1.165, 1.54) is 16.9 Å². The molecule has 0 saturated carbocycles. The van der Waals surface area contributed by atoms with Crippen molar-refractivity contribution in [1.82, 2.24) is 10.3 Å². The number of nitrogens with zero attached hydrogens (tertiary/aromatic N) is 1. The molecule has 150 valence electrons. The molecule has 1 aromatic heterocycles. The van der Waals surface area contributed by atoms with Gasteiger partial charge >= 0.3 is 6.03 Å². The van der Waals surface area contributed by atoms with E-state index < -0.39 is 6.03 Å². The normalized spacial score (nSPS) is 10.4. The Bertz CT molecular complexity index is 992. The van der Waals surface area contributed by atoms with Crippen molar-refractivity contribution in [2.24, 2.45) is 0 Å². The number of hydrogen-bond acceptors (Lipinski definition) is 5. The lowest BCUT2D eigenvalue weighted by Crippen LogP contribution is -2.35. The summed E-state index contributed by atoms with van der Waals surface area (Å²) in [5.74, 6) is 0.485. The fourth-order valence-corrected chi connectivity index (χ4v) is 3.45. The Morgan fingerprint density at radius 2 is 1.72 bits per heavy atom. The highest BCUT2D eigenvalue weighted by Gasteiger charge is 2.11. The van der Waals surface area contributed by atoms with Gasteiger partial charge in [0.15, 0.2) is 10.9 Å². The summed E-state index contributed by atoms with van der Waals surface area (Å²) in [5.41, 5.74) is 4.89. The quantitative estimate of drug-likeness (QED) is 0.602. The maximum absolute atomic E-state index is 12.0. The molecule has 2 amide bonds. The number of rotatable bonds is 7. The van der Waals surface area contributed by atoms with Crippen molar-refractivity contribution in [1.29, 1.82) is 0 Å². The monoisotopic (exact) mass is 409 g/mol. The smallest absolute Gasteiger partial charge is 0.321 e. The van der Waals surface area contributed by atoms with Crippen molar-refractivity contribution >= 4 is 28.3 Å². The molecular formula is C22H23N3O3S. The number of carbonyl (C=O) groups excluding carboxylic acids is 2. The Kier molecular flexibility index (Phi) is 6.61. The first-order valence-corrected chi connectivity index (χ1v) is 10.1. The molecule has 6 nitrogen and oxygen atoms in total. The van der Waals surface area contributed by atoms with Crippen molar-refractivity contribution in [3.63, 3.8) is 0 Å². The number of para-hydroxylation sites is 1. The second-order valence-electron chi connectivity index (χ2n) is 6.76. The van der Waals surface area contributed by atoms with Crippen LogP contribution in [-0.2, 0) is 4.79 Å². The standard InChI is InChI=1S/C22H23N3O3S/c1-14-7-9-17(10-8-14)19-13-29-22(24-19)25-21(27)23-11-18(26)12-28-20-15(2)5-4-6-16(20)3/h4-10,13H,11-12H2,1-3H3,(H2,23,24,25,27). The van der Waals surface area contributed by atoms with Crippen molar-refractivity contribution in [2.45, 2.75) is 20.8 Å². The molecule has 0 fully saturated rings. The van der Waals surface area contributed by atoms with Crippen LogP contribution in [0.4, 0.5) is 9.93 Å². The summed E-state index contributed by atoms with van der Waals surface area (Å²) in [6.45, 7) is 5.67. The molecule has 2 aromatic carbocycles. The lowest BCUT2D eigenvalue weighted by molar-refractivity contribution is -0.120. The van der Waals surface area contributed by atoms with Gasteiger partial charge < -0.3 is 10.1 Å². The largest absolute Gasteiger partial charge is 0.485 e. The van der Waals surface area contributed by atoms with Gasteiger partial charge in [0.05, 0.1) is 12.2 Å². The Hall–Kier alpha value is -3.19. The number of thiazole rings is 1. The Morgan fingerprint density at radius 1 is 1.03 bits per heavy atom. The number of benzene rings is 2. The average molecular weight is 410 g/mol. The van der Waals surface area contributed by atoms with E-state index in [1.807, 2.05) is 68.6 Å². The van der Waals surface area contributed by atoms with Gasteiger partial charge in [-0.3, -0.25) is 10.1 Å². The number of anilines is 1. The molecule has 0 radical (unpaired) electrons. The summed E-state index contributed by atoms with van der Waals surface area (Å²) in [6.07, 6.45) is 0. The summed E-state index contributed by atoms with van der Waals surface area (Å²) in [6, 6.07) is 13.3. The molecule has 0 unspecified atom stereocenters. The molecular weight excluding hydrogens is 386 g/mol. The zero-order chi connectivity index (χ0) is 20.8. The average Bonchev–Trinajstić information content (AvgIpc) is 3.15. The van der Waals surface area contributed by atoms with Gasteiger partial charge in [-0.1, -0.05) is 48.0 Å². The zero-order valence-electron chi connectivity index (χ0n) is 16.6. The molecule has 29 heavy (non-hydrogen) atoms. The Morgan fingerprint density at radius 3 is 2.41 bits per heavy atom. The number of ketones is 1. The second kappa shape index (κ2) is 9.34. The van der Waals surface area contributed by atoms with Gasteiger partial charge in [-0.25, -0.2) is 9.78 Å². The van der Waals surface area contributed by atoms with Crippen LogP contribution in [-0.4, -0.2) is 29.9 Å². The van der Waals surface area contributed by atoms with Crippen molar-refractivity contribution < 1.29 is 14.3 Å². The third-order valence-electron chi connectivity index (χ3n) is 4.30. The number of Topliss-reactive ketones (excluding diaryl/α,β-unsaturated/α-hetero) is 1. The molecule has 0 bridgehead atoms. The summed E-state index contributed by atoms with van der Waals surface area (Å²) in [4.78, 5) is 28.5. The minimum absolute atomic E-state index is 0.0964. The molecule has 0 spiro atoms. The third-order valence-corrected chi connectivity index (χ3v) is 5.06. The van der Waals surface area contributed by atoms with Gasteiger partial charge in [-0.15, -0.1) is 11.3 Å². The van der Waals surface area contributed by atoms with E-state index in [9.17, 15) is 9.59 Å². The molecule has 2 N–H and O–H groups in total. The Labute approximate surface area is 173 Å². The highest BCUT2D eigenvalue weighted by molar-refractivity contribution is 7.14. The summed E-state index contributed by atoms with van der Waals surface area (Å²) < 4.78 is 5.61. The molecule has 0 aliphatic rings. The molecule has 0 atom stereocenters. The van der Waals surface area contributed by atoms with Gasteiger partial charge in [0.2, 0.25) is 0 Å². The first kappa shape index (κ1) is 20.5. The number of nitrogens with one attached hydrogen (secondary N) is 2. The third kappa shape index (κ3) is 5.65. The number of aromatic nitrogens is 1. The van der Waals surface area contributed by atoms with Crippen LogP contribution in [0, 0.1) is 20.8 Å². The van der Waals surface area contributed by atoms with Crippen LogP contribution in [0.2, 0.25) is 0 Å². The lowest BCUT2D eigenvalue weighted by atomic mass is 10.1. The van der Waals surface area contributed by atoms with Crippen LogP contribution in [0.5, 0.6) is 5.75 Å². The van der Waals surface area contributed by atoms with Gasteiger partial charge in [0.25, 0.3) is 0 Å². The Balaban J connectivity index is 1.46. The first-order chi connectivity index (χ1) is 13.9. The van der Waals surface area contributed by atoms with Gasteiger partial charge in [0.1, 0.15) is 12.4 Å². The molecule has 3 rings (SSSR count). The molecule has 0 saturated heterocycles. The SMILES string of the molecule is Cc1ccc(-c2csc(NC(=O)NCC(=O)COc3c(C)cccc3C)n2)cc1. The van der Waals surface area contributed by atoms with Crippen LogP contribution in [0.25, 0.3) is 11.3 Å². The zero-order valence-corrected chi connectivity index (χ0v) is 17.4. The molecule has 0 aliphatic heterocycles. The van der Waals surface area contributed by atoms with Crippen LogP contribution in [0.1, 0.15) is 16.7 Å². The fraction of sp³-hybridized carbons (Fsp3) is 0.227. The summed E-state index contributed by atoms with van der Waals surface area (Å²) >= 11 is 1.33. The molecule has 3 aromatic rings. The van der Waals surface area contributed by atoms with E-state index in [0.29, 0.717) is 10.9 Å². The second-order valence-corrected chi connectivity index (χ2v) is 7.62. The minimum Gasteiger partial charge on any atom is -0.485 e. The highest BCUT2D eigenvalue weighted by atomic mass is 32.1. The van der Waals surface area contributed by atoms with E-state index >= 15 is 0 Å². The van der Waals surface area contributed by atoms with E-state index in [2.05, 4.69) is 15.6 Å². The molecule has 0 aliphatic carbocycles. The minimum atomic E-state index is -0.477. The highest BCUT2D eigenvalue weighted by Crippen LogP contribution is 2.25. The maximum atomic E-state index is 12.0. The van der Waals surface area contributed by atoms with E-state index in [0.717, 1.165) is 22.4 Å². The van der Waals surface area contributed by atoms with Gasteiger partial charge in [-0.2, -0.15) is 0 Å². The predicted octanol–water partition coefficient (Wildman–Crippen LogP) is 4.50. The van der Waals surface area contributed by atoms with Crippen LogP contribution >= 0.6 is 11.3 Å². The van der Waals surface area contributed by atoms with Crippen molar-refractivity contribution in [3.05, 3.63) is 64.5 Å². The molecule has 1 heterocycles. The summed E-state index contributed by atoms with van der Waals surface area (Å²) in [5, 5.41) is 7.54. The lowest BCUT2D eigenvalue weighted by Gasteiger charge is -2.11. The van der Waals surface area contributed by atoms with Crippen molar-refractivity contribution in [3.8, 4) is 17.0 Å². The fourth-order valence-electron chi connectivity index (χ4n) is 2.74. The van der Waals surface area contributed by atoms with Crippen LogP contribution < -0.4 is 15.4 Å². The van der Waals surface area contributed by atoms with Crippen molar-refractivity contribution in [2.75, 3.05) is 18.5 Å². The number of ether oxygens (including phenoxy) is 1. The molecule has 7 heteroatoms. The summed E-state index contributed by atoms with van der Waals surface area (Å²) in [7, 11) is 0. The van der Waals surface area contributed by atoms with E-state index in [4.69, 9.17) is 4.74 Å². The van der Waals surface area contributed by atoms with E-state index in [1.54, 1.807) is 0 Å². The van der Waals surface area contributed by atoms with Crippen LogP contribution in [0.3, 0.4) is 0 Å². The number of hydrogen-bond donors (Lipinski definition) is 2. The number of urea groups is 1. The van der Waals surface area contributed by atoms with E-state index in [-0.39, 0.29) is 18.9 Å². The maximum Gasteiger partial charge on any atom is 0.321 e. The number of aryl methyl sites for hydroxylation is 3. The predicted molar refractivity (Wildman–Crippen MR) is 116 cm³/mol. The number of amides is 2.